The zero-order valence-corrected chi connectivity index (χ0v) is 61.4. The van der Waals surface area contributed by atoms with E-state index in [1.54, 1.807) is 0 Å². The van der Waals surface area contributed by atoms with E-state index in [4.69, 9.17) is 80.9 Å². The van der Waals surface area contributed by atoms with Gasteiger partial charge in [0, 0.05) is 40.4 Å². The molecule has 43 nitrogen and oxygen atoms in total. The Kier molecular flexibility index (Phi) is 51.9. The standard InChI is InChI=1S/C65H116N8O35/c1-40(77)69-52-58(88)55(85)45(34-74)106-63(52)103-31-28-97-19-16-94-22-25-100-37-48(80)66-11-6-4-8-43(61(91)68-13-15-93-14-10-51(83)84)73-62(92)44(72-50(82)39-102-27-24-96-18-21-99-30-33-105-65-54(71-42(3)79)60(90)57(87)47(36-76)108-65)9-5-7-12-67-49(81)38-101-26-23-95-17-20-98-29-32-104-64-53(70-41(2)78)59(89)56(86)46(35-75)107-64/h43-47,52-60,63-65,74-76,85-90H,4-39H2,1-3H3,(H,66,80)(H,67,81)(H,68,91)(H,69,77)(H,70,78)(H,71,79)(H,72,82)(H,73,92)(H,83,84)/t43-,44-,45-,46-,47-,52+,53+,54+,55-,56-,57-,58+,59+,60+,63+,64+,65+/m0/s1. The van der Waals surface area contributed by atoms with Crippen LogP contribution >= 0.6 is 0 Å². The van der Waals surface area contributed by atoms with Crippen molar-refractivity contribution in [3.63, 3.8) is 0 Å². The van der Waals surface area contributed by atoms with Gasteiger partial charge in [0.25, 0.3) is 0 Å². The molecule has 0 aliphatic carbocycles. The molecule has 0 aromatic heterocycles. The van der Waals surface area contributed by atoms with Gasteiger partial charge >= 0.3 is 5.97 Å². The van der Waals surface area contributed by atoms with Crippen molar-refractivity contribution in [1.82, 2.24) is 42.5 Å². The number of carbonyl (C=O) groups excluding carboxylic acids is 8. The average molecular weight is 1570 g/mol. The van der Waals surface area contributed by atoms with Gasteiger partial charge in [0.2, 0.25) is 47.3 Å². The second-order valence-electron chi connectivity index (χ2n) is 24.7. The summed E-state index contributed by atoms with van der Waals surface area (Å²) in [7, 11) is 0. The number of hydrogen-bond donors (Lipinski definition) is 18. The Labute approximate surface area is 625 Å². The van der Waals surface area contributed by atoms with Gasteiger partial charge in [-0.2, -0.15) is 0 Å². The highest BCUT2D eigenvalue weighted by atomic mass is 16.7. The lowest BCUT2D eigenvalue weighted by Gasteiger charge is -2.42. The van der Waals surface area contributed by atoms with E-state index in [9.17, 15) is 89.1 Å². The summed E-state index contributed by atoms with van der Waals surface area (Å²) in [6, 6.07) is -5.70. The van der Waals surface area contributed by atoms with Gasteiger partial charge < -0.3 is 169 Å². The van der Waals surface area contributed by atoms with Crippen molar-refractivity contribution < 1.29 is 170 Å². The molecular formula is C65H116N8O35. The lowest BCUT2D eigenvalue weighted by Crippen LogP contribution is -2.64. The minimum Gasteiger partial charge on any atom is -0.481 e. The highest BCUT2D eigenvalue weighted by molar-refractivity contribution is 5.92. The molecule has 3 fully saturated rings. The minimum absolute atomic E-state index is 0.0256. The number of ether oxygens (including phenoxy) is 16. The summed E-state index contributed by atoms with van der Waals surface area (Å²) in [6.07, 6.45) is -14.6. The number of aliphatic carboxylic acids is 1. The SMILES string of the molecule is CC(=O)N[C@H]1[C@H](OCCOCCOCCOCC(=O)NCCCC[C@H](NC(=O)COCCOCCOCCO[C@@H]2O[C@@H](CO)[C@H](O)[C@H](O)[C@H]2NC(C)=O)C(=O)N[C@@H](CCCCNC(=O)COCCOCCOCCO[C@@H]2O[C@@H](CO)[C@H](O)[C@H](O)[C@H]2NC(C)=O)C(=O)NCCOCCC(=O)O)O[C@@H](CO)[C@H](O)[C@@H]1O. The Morgan fingerprint density at radius 3 is 0.972 bits per heavy atom. The van der Waals surface area contributed by atoms with E-state index in [-0.39, 0.29) is 191 Å². The lowest BCUT2D eigenvalue weighted by molar-refractivity contribution is -0.272. The Hall–Kier alpha value is -5.77. The van der Waals surface area contributed by atoms with Crippen LogP contribution in [0.2, 0.25) is 0 Å². The molecule has 3 aliphatic rings. The van der Waals surface area contributed by atoms with Gasteiger partial charge in [0.1, 0.15) is 105 Å². The molecule has 8 amide bonds. The van der Waals surface area contributed by atoms with Crippen molar-refractivity contribution in [2.75, 3.05) is 191 Å². The van der Waals surface area contributed by atoms with Crippen LogP contribution in [-0.4, -0.2) is 400 Å². The molecule has 0 spiro atoms. The summed E-state index contributed by atoms with van der Waals surface area (Å²) in [5.41, 5.74) is 0. The number of nitrogens with one attached hydrogen (secondary N) is 8. The molecule has 3 rings (SSSR count). The first-order valence-corrected chi connectivity index (χ1v) is 35.9. The van der Waals surface area contributed by atoms with Gasteiger partial charge in [-0.15, -0.1) is 0 Å². The number of rotatable bonds is 62. The highest BCUT2D eigenvalue weighted by Gasteiger charge is 2.48. The van der Waals surface area contributed by atoms with Crippen molar-refractivity contribution in [2.45, 2.75) is 170 Å². The molecule has 626 valence electrons. The number of carboxylic acids is 1. The summed E-state index contributed by atoms with van der Waals surface area (Å²) in [5, 5.41) is 120. The van der Waals surface area contributed by atoms with Crippen LogP contribution in [0.25, 0.3) is 0 Å². The topological polar surface area (TPSA) is 600 Å². The first kappa shape index (κ1) is 96.4. The molecule has 3 saturated heterocycles. The Morgan fingerprint density at radius 2 is 0.648 bits per heavy atom. The maximum absolute atomic E-state index is 14.1. The second-order valence-corrected chi connectivity index (χ2v) is 24.7. The van der Waals surface area contributed by atoms with E-state index < -0.39 is 184 Å². The van der Waals surface area contributed by atoms with Gasteiger partial charge in [0.15, 0.2) is 18.9 Å². The fraction of sp³-hybridized carbons (Fsp3) is 0.862. The summed E-state index contributed by atoms with van der Waals surface area (Å²) >= 11 is 0. The van der Waals surface area contributed by atoms with Crippen LogP contribution in [0.5, 0.6) is 0 Å². The molecule has 0 saturated carbocycles. The van der Waals surface area contributed by atoms with Crippen LogP contribution in [0.3, 0.4) is 0 Å². The third-order valence-corrected chi connectivity index (χ3v) is 16.0. The van der Waals surface area contributed by atoms with Crippen LogP contribution < -0.4 is 42.5 Å². The number of hydrogen-bond acceptors (Lipinski definition) is 34. The Balaban J connectivity index is 1.46. The van der Waals surface area contributed by atoms with Crippen LogP contribution in [0.4, 0.5) is 0 Å². The van der Waals surface area contributed by atoms with E-state index in [1.165, 1.54) is 20.8 Å². The fourth-order valence-corrected chi connectivity index (χ4v) is 10.5. The van der Waals surface area contributed by atoms with E-state index in [0.717, 1.165) is 0 Å². The van der Waals surface area contributed by atoms with Gasteiger partial charge in [-0.25, -0.2) is 0 Å². The Morgan fingerprint density at radius 1 is 0.343 bits per heavy atom. The summed E-state index contributed by atoms with van der Waals surface area (Å²) in [4.78, 5) is 112. The fourth-order valence-electron chi connectivity index (χ4n) is 10.5. The molecule has 0 aromatic carbocycles. The molecule has 3 aliphatic heterocycles. The smallest absolute Gasteiger partial charge is 0.305 e. The summed E-state index contributed by atoms with van der Waals surface area (Å²) in [5.74, 6) is -5.51. The number of amides is 8. The molecule has 17 atom stereocenters. The van der Waals surface area contributed by atoms with Crippen LogP contribution in [-0.2, 0) is 119 Å². The zero-order valence-electron chi connectivity index (χ0n) is 61.4. The predicted molar refractivity (Wildman–Crippen MR) is 365 cm³/mol. The van der Waals surface area contributed by atoms with E-state index in [2.05, 4.69) is 42.5 Å². The van der Waals surface area contributed by atoms with Gasteiger partial charge in [0.05, 0.1) is 158 Å². The lowest BCUT2D eigenvalue weighted by atomic mass is 9.97. The number of carboxylic acid groups (broad SMARTS) is 1. The molecule has 108 heavy (non-hydrogen) atoms. The van der Waals surface area contributed by atoms with Crippen LogP contribution in [0, 0.1) is 0 Å². The number of aliphatic hydroxyl groups excluding tert-OH is 9. The summed E-state index contributed by atoms with van der Waals surface area (Å²) < 4.78 is 87.9. The van der Waals surface area contributed by atoms with E-state index in [1.807, 2.05) is 0 Å². The Bertz CT molecular complexity index is 2530. The van der Waals surface area contributed by atoms with E-state index in [0.29, 0.717) is 19.3 Å². The first-order chi connectivity index (χ1) is 51.9. The molecule has 0 bridgehead atoms. The number of carbonyl (C=O) groups is 9. The second kappa shape index (κ2) is 58.2. The largest absolute Gasteiger partial charge is 0.481 e. The van der Waals surface area contributed by atoms with Crippen molar-refractivity contribution in [3.8, 4) is 0 Å². The minimum atomic E-state index is -1.48. The third kappa shape index (κ3) is 41.0. The van der Waals surface area contributed by atoms with Gasteiger partial charge in [-0.05, 0) is 38.5 Å². The van der Waals surface area contributed by atoms with Crippen molar-refractivity contribution >= 4 is 53.2 Å². The van der Waals surface area contributed by atoms with E-state index >= 15 is 0 Å². The van der Waals surface area contributed by atoms with Crippen molar-refractivity contribution in [3.05, 3.63) is 0 Å². The van der Waals surface area contributed by atoms with Crippen LogP contribution in [0.15, 0.2) is 0 Å². The maximum Gasteiger partial charge on any atom is 0.305 e. The van der Waals surface area contributed by atoms with Crippen molar-refractivity contribution in [1.29, 1.82) is 0 Å². The zero-order chi connectivity index (χ0) is 79.4. The monoisotopic (exact) mass is 1570 g/mol. The van der Waals surface area contributed by atoms with Gasteiger partial charge in [-0.3, -0.25) is 43.2 Å². The maximum atomic E-state index is 14.1. The van der Waals surface area contributed by atoms with Gasteiger partial charge in [-0.1, -0.05) is 0 Å². The molecule has 0 radical (unpaired) electrons. The molecule has 0 unspecified atom stereocenters. The predicted octanol–water partition coefficient (Wildman–Crippen LogP) is -9.83. The molecule has 43 heteroatoms. The molecule has 18 N–H and O–H groups in total. The number of unbranched alkanes of at least 4 members (excludes halogenated alkanes) is 2. The molecule has 0 aromatic rings. The summed E-state index contributed by atoms with van der Waals surface area (Å²) in [6.45, 7) is 2.06. The highest BCUT2D eigenvalue weighted by Crippen LogP contribution is 2.25. The normalized spacial score (nSPS) is 24.7. The third-order valence-electron chi connectivity index (χ3n) is 16.0. The average Bonchev–Trinajstić information content (AvgIpc) is 0.822. The molecule has 3 heterocycles. The number of aliphatic hydroxyl groups is 9. The first-order valence-electron chi connectivity index (χ1n) is 35.9. The van der Waals surface area contributed by atoms with Crippen molar-refractivity contribution in [2.24, 2.45) is 0 Å². The quantitative estimate of drug-likeness (QED) is 0.0251. The van der Waals surface area contributed by atoms with Crippen LogP contribution in [0.1, 0.15) is 65.7 Å². The molecular weight excluding hydrogens is 1450 g/mol.